The number of hydrogen-bond acceptors (Lipinski definition) is 2. The van der Waals surface area contributed by atoms with Gasteiger partial charge < -0.3 is 4.90 Å². The number of fused-ring (bicyclic) bond motifs is 1. The molecular formula is C11H12N2. The molecule has 1 saturated carbocycles. The van der Waals surface area contributed by atoms with Gasteiger partial charge in [0.25, 0.3) is 0 Å². The zero-order chi connectivity index (χ0) is 8.84. The van der Waals surface area contributed by atoms with Gasteiger partial charge in [0, 0.05) is 5.69 Å². The third kappa shape index (κ3) is 1.05. The summed E-state index contributed by atoms with van der Waals surface area (Å²) >= 11 is 0. The highest BCUT2D eigenvalue weighted by molar-refractivity contribution is 5.84. The minimum absolute atomic E-state index is 0.598. The normalized spacial score (nSPS) is 29.2. The highest BCUT2D eigenvalue weighted by atomic mass is 15.3. The number of aliphatic imine (C=N–C) groups is 1. The van der Waals surface area contributed by atoms with Crippen molar-refractivity contribution < 1.29 is 0 Å². The summed E-state index contributed by atoms with van der Waals surface area (Å²) in [6, 6.07) is 9.91. The van der Waals surface area contributed by atoms with Crippen molar-refractivity contribution in [1.82, 2.24) is 0 Å². The van der Waals surface area contributed by atoms with E-state index >= 15 is 0 Å². The molecule has 1 aromatic carbocycles. The molecule has 3 rings (SSSR count). The van der Waals surface area contributed by atoms with Gasteiger partial charge in [-0.3, -0.25) is 4.99 Å². The van der Waals surface area contributed by atoms with Gasteiger partial charge in [-0.05, 0) is 25.5 Å². The Kier molecular flexibility index (Phi) is 1.29. The fourth-order valence-electron chi connectivity index (χ4n) is 1.85. The summed E-state index contributed by atoms with van der Waals surface area (Å²) in [7, 11) is 0. The second kappa shape index (κ2) is 2.34. The molecular weight excluding hydrogens is 160 g/mol. The van der Waals surface area contributed by atoms with Crippen molar-refractivity contribution in [2.24, 2.45) is 4.99 Å². The lowest BCUT2D eigenvalue weighted by Gasteiger charge is -2.15. The second-order valence-electron chi connectivity index (χ2n) is 3.88. The summed E-state index contributed by atoms with van der Waals surface area (Å²) in [6.45, 7) is 2.11. The van der Waals surface area contributed by atoms with Crippen molar-refractivity contribution in [2.45, 2.75) is 25.4 Å². The SMILES string of the molecule is Cc1ccc(N2C=NC3CC32)cc1. The standard InChI is InChI=1S/C11H12N2/c1-8-2-4-9(5-3-8)13-7-12-10-6-11(10)13/h2-5,7,10-11H,6H2,1H3. The summed E-state index contributed by atoms with van der Waals surface area (Å²) in [5.41, 5.74) is 2.59. The molecule has 0 N–H and O–H groups in total. The number of benzene rings is 1. The van der Waals surface area contributed by atoms with E-state index in [4.69, 9.17) is 0 Å². The molecule has 0 radical (unpaired) electrons. The van der Waals surface area contributed by atoms with E-state index in [9.17, 15) is 0 Å². The molecule has 1 fully saturated rings. The third-order valence-electron chi connectivity index (χ3n) is 2.80. The monoisotopic (exact) mass is 172 g/mol. The molecule has 1 aromatic rings. The summed E-state index contributed by atoms with van der Waals surface area (Å²) in [6.07, 6.45) is 3.22. The molecule has 0 bridgehead atoms. The smallest absolute Gasteiger partial charge is 0.0902 e. The fourth-order valence-corrected chi connectivity index (χ4v) is 1.85. The topological polar surface area (TPSA) is 15.6 Å². The predicted molar refractivity (Wildman–Crippen MR) is 54.3 cm³/mol. The van der Waals surface area contributed by atoms with Gasteiger partial charge in [-0.2, -0.15) is 0 Å². The van der Waals surface area contributed by atoms with Gasteiger partial charge in [-0.15, -0.1) is 0 Å². The van der Waals surface area contributed by atoms with Crippen LogP contribution >= 0.6 is 0 Å². The van der Waals surface area contributed by atoms with Crippen LogP contribution in [0, 0.1) is 6.92 Å². The Labute approximate surface area is 77.9 Å². The van der Waals surface area contributed by atoms with Crippen LogP contribution < -0.4 is 4.90 Å². The minimum Gasteiger partial charge on any atom is -0.327 e. The van der Waals surface area contributed by atoms with E-state index in [1.165, 1.54) is 17.7 Å². The first kappa shape index (κ1) is 7.13. The average Bonchev–Trinajstić information content (AvgIpc) is 2.81. The maximum atomic E-state index is 4.39. The van der Waals surface area contributed by atoms with Gasteiger partial charge in [-0.25, -0.2) is 0 Å². The first-order valence-electron chi connectivity index (χ1n) is 4.73. The molecule has 0 amide bonds. The van der Waals surface area contributed by atoms with Gasteiger partial charge in [-0.1, -0.05) is 17.7 Å². The predicted octanol–water partition coefficient (Wildman–Crippen LogP) is 1.98. The maximum Gasteiger partial charge on any atom is 0.0902 e. The van der Waals surface area contributed by atoms with Crippen LogP contribution in [0.15, 0.2) is 29.3 Å². The van der Waals surface area contributed by atoms with Crippen LogP contribution in [0.25, 0.3) is 0 Å². The number of hydrogen-bond donors (Lipinski definition) is 0. The van der Waals surface area contributed by atoms with Crippen LogP contribution in [0.1, 0.15) is 12.0 Å². The number of rotatable bonds is 1. The first-order valence-corrected chi connectivity index (χ1v) is 4.73. The third-order valence-corrected chi connectivity index (χ3v) is 2.80. The number of nitrogens with zero attached hydrogens (tertiary/aromatic N) is 2. The molecule has 2 aliphatic rings. The van der Waals surface area contributed by atoms with Crippen LogP contribution in [0.4, 0.5) is 5.69 Å². The molecule has 0 spiro atoms. The zero-order valence-corrected chi connectivity index (χ0v) is 7.64. The van der Waals surface area contributed by atoms with E-state index in [0.29, 0.717) is 12.1 Å². The molecule has 0 saturated heterocycles. The van der Waals surface area contributed by atoms with Gasteiger partial charge in [0.2, 0.25) is 0 Å². The Morgan fingerprint density at radius 3 is 2.62 bits per heavy atom. The summed E-state index contributed by atoms with van der Waals surface area (Å²) in [4.78, 5) is 6.67. The Bertz CT molecular complexity index is 353. The van der Waals surface area contributed by atoms with Crippen molar-refractivity contribution in [3.05, 3.63) is 29.8 Å². The molecule has 66 valence electrons. The lowest BCUT2D eigenvalue weighted by Crippen LogP contribution is -2.21. The molecule has 2 unspecified atom stereocenters. The summed E-state index contributed by atoms with van der Waals surface area (Å²) in [5, 5.41) is 0. The van der Waals surface area contributed by atoms with E-state index in [2.05, 4.69) is 41.1 Å². The van der Waals surface area contributed by atoms with Crippen LogP contribution in [0.5, 0.6) is 0 Å². The van der Waals surface area contributed by atoms with Crippen LogP contribution in [-0.4, -0.2) is 18.4 Å². The first-order chi connectivity index (χ1) is 6.34. The quantitative estimate of drug-likeness (QED) is 0.632. The average molecular weight is 172 g/mol. The van der Waals surface area contributed by atoms with E-state index in [-0.39, 0.29) is 0 Å². The lowest BCUT2D eigenvalue weighted by molar-refractivity contribution is 1.01. The largest absolute Gasteiger partial charge is 0.327 e. The van der Waals surface area contributed by atoms with E-state index in [1.54, 1.807) is 0 Å². The van der Waals surface area contributed by atoms with Crippen LogP contribution in [0.3, 0.4) is 0 Å². The summed E-state index contributed by atoms with van der Waals surface area (Å²) in [5.74, 6) is 0. The zero-order valence-electron chi connectivity index (χ0n) is 7.64. The highest BCUT2D eigenvalue weighted by Gasteiger charge is 2.45. The minimum atomic E-state index is 0.598. The van der Waals surface area contributed by atoms with Crippen molar-refractivity contribution in [2.75, 3.05) is 4.90 Å². The highest BCUT2D eigenvalue weighted by Crippen LogP contribution is 2.37. The van der Waals surface area contributed by atoms with Gasteiger partial charge in [0.15, 0.2) is 0 Å². The maximum absolute atomic E-state index is 4.39. The molecule has 2 heteroatoms. The fraction of sp³-hybridized carbons (Fsp3) is 0.364. The Hall–Kier alpha value is -1.31. The van der Waals surface area contributed by atoms with E-state index in [0.717, 1.165) is 0 Å². The molecule has 2 atom stereocenters. The molecule has 1 aliphatic heterocycles. The van der Waals surface area contributed by atoms with E-state index < -0.39 is 0 Å². The van der Waals surface area contributed by atoms with E-state index in [1.807, 2.05) is 6.34 Å². The summed E-state index contributed by atoms with van der Waals surface area (Å²) < 4.78 is 0. The molecule has 2 nitrogen and oxygen atoms in total. The van der Waals surface area contributed by atoms with Crippen LogP contribution in [0.2, 0.25) is 0 Å². The number of aryl methyl sites for hydroxylation is 1. The van der Waals surface area contributed by atoms with Crippen molar-refractivity contribution in [3.8, 4) is 0 Å². The lowest BCUT2D eigenvalue weighted by atomic mass is 10.2. The molecule has 0 aromatic heterocycles. The number of anilines is 1. The molecule has 1 heterocycles. The van der Waals surface area contributed by atoms with Crippen molar-refractivity contribution >= 4 is 12.0 Å². The molecule has 1 aliphatic carbocycles. The second-order valence-corrected chi connectivity index (χ2v) is 3.88. The molecule has 13 heavy (non-hydrogen) atoms. The van der Waals surface area contributed by atoms with Gasteiger partial charge >= 0.3 is 0 Å². The van der Waals surface area contributed by atoms with Crippen LogP contribution in [-0.2, 0) is 0 Å². The van der Waals surface area contributed by atoms with Crippen molar-refractivity contribution in [1.29, 1.82) is 0 Å². The Morgan fingerprint density at radius 1 is 1.31 bits per heavy atom. The Balaban J connectivity index is 1.92. The van der Waals surface area contributed by atoms with Gasteiger partial charge in [0.05, 0.1) is 18.4 Å². The van der Waals surface area contributed by atoms with Crippen molar-refractivity contribution in [3.63, 3.8) is 0 Å². The van der Waals surface area contributed by atoms with Gasteiger partial charge in [0.1, 0.15) is 0 Å². The Morgan fingerprint density at radius 2 is 2.08 bits per heavy atom.